The molecule has 3 rings (SSSR count). The van der Waals surface area contributed by atoms with Crippen molar-refractivity contribution in [2.45, 2.75) is 23.8 Å². The van der Waals surface area contributed by atoms with Gasteiger partial charge < -0.3 is 10.0 Å². The lowest BCUT2D eigenvalue weighted by atomic mass is 10.1. The van der Waals surface area contributed by atoms with E-state index in [2.05, 4.69) is 14.7 Å². The summed E-state index contributed by atoms with van der Waals surface area (Å²) in [5.41, 5.74) is -0.158. The molecule has 1 unspecified atom stereocenters. The van der Waals surface area contributed by atoms with Crippen LogP contribution in [0.4, 0.5) is 10.2 Å². The normalized spacial score (nSPS) is 17.9. The Kier molecular flexibility index (Phi) is 5.14. The van der Waals surface area contributed by atoms with E-state index in [1.807, 2.05) is 4.90 Å². The van der Waals surface area contributed by atoms with Crippen LogP contribution < -0.4 is 9.62 Å². The molecule has 10 heteroatoms. The number of carboxylic acid groups (broad SMARTS) is 1. The van der Waals surface area contributed by atoms with Crippen LogP contribution in [-0.2, 0) is 10.0 Å². The number of rotatable bonds is 5. The van der Waals surface area contributed by atoms with E-state index < -0.39 is 21.8 Å². The summed E-state index contributed by atoms with van der Waals surface area (Å²) in [5.74, 6) is -1.31. The maximum atomic E-state index is 13.3. The van der Waals surface area contributed by atoms with Gasteiger partial charge >= 0.3 is 5.97 Å². The number of benzene rings is 1. The van der Waals surface area contributed by atoms with E-state index in [1.54, 1.807) is 0 Å². The number of piperidine rings is 1. The van der Waals surface area contributed by atoms with Gasteiger partial charge in [-0.25, -0.2) is 32.3 Å². The van der Waals surface area contributed by atoms with Gasteiger partial charge in [-0.2, -0.15) is 0 Å². The highest BCUT2D eigenvalue weighted by atomic mass is 32.2. The van der Waals surface area contributed by atoms with Crippen LogP contribution in [-0.4, -0.2) is 48.6 Å². The standard InChI is InChI=1S/C16H17FN4O4S/c17-11-3-1-5-13(7-11)26(24,25)20-12-4-2-6-21(10-12)15-9-18-14(8-19-15)16(22)23/h1,3,5,7-9,12,20H,2,4,6,10H2,(H,22,23). The number of carboxylic acids is 1. The number of aromatic nitrogens is 2. The van der Waals surface area contributed by atoms with Gasteiger partial charge in [-0.1, -0.05) is 6.07 Å². The first-order valence-electron chi connectivity index (χ1n) is 7.93. The minimum Gasteiger partial charge on any atom is -0.476 e. The van der Waals surface area contributed by atoms with E-state index in [9.17, 15) is 17.6 Å². The van der Waals surface area contributed by atoms with Crippen molar-refractivity contribution in [2.75, 3.05) is 18.0 Å². The molecule has 0 saturated carbocycles. The molecule has 0 spiro atoms. The molecule has 2 heterocycles. The summed E-state index contributed by atoms with van der Waals surface area (Å²) in [6.45, 7) is 1.01. The highest BCUT2D eigenvalue weighted by molar-refractivity contribution is 7.89. The Balaban J connectivity index is 1.71. The second kappa shape index (κ2) is 7.34. The highest BCUT2D eigenvalue weighted by Crippen LogP contribution is 2.19. The Morgan fingerprint density at radius 1 is 1.31 bits per heavy atom. The molecule has 138 valence electrons. The quantitative estimate of drug-likeness (QED) is 0.803. The predicted molar refractivity (Wildman–Crippen MR) is 90.9 cm³/mol. The minimum absolute atomic E-state index is 0.125. The number of sulfonamides is 1. The predicted octanol–water partition coefficient (Wildman–Crippen LogP) is 1.26. The zero-order valence-corrected chi connectivity index (χ0v) is 14.5. The van der Waals surface area contributed by atoms with Gasteiger partial charge in [0.2, 0.25) is 10.0 Å². The average molecular weight is 380 g/mol. The van der Waals surface area contributed by atoms with Crippen molar-refractivity contribution in [3.8, 4) is 0 Å². The second-order valence-electron chi connectivity index (χ2n) is 5.93. The Morgan fingerprint density at radius 3 is 2.77 bits per heavy atom. The number of nitrogens with one attached hydrogen (secondary N) is 1. The summed E-state index contributed by atoms with van der Waals surface area (Å²) in [6.07, 6.45) is 3.87. The monoisotopic (exact) mass is 380 g/mol. The van der Waals surface area contributed by atoms with Crippen molar-refractivity contribution in [1.82, 2.24) is 14.7 Å². The second-order valence-corrected chi connectivity index (χ2v) is 7.64. The number of hydrogen-bond acceptors (Lipinski definition) is 6. The molecule has 1 saturated heterocycles. The van der Waals surface area contributed by atoms with Crippen molar-refractivity contribution < 1.29 is 22.7 Å². The molecule has 8 nitrogen and oxygen atoms in total. The molecule has 1 atom stereocenters. The zero-order valence-electron chi connectivity index (χ0n) is 13.7. The van der Waals surface area contributed by atoms with Crippen LogP contribution >= 0.6 is 0 Å². The third kappa shape index (κ3) is 4.14. The molecule has 0 amide bonds. The summed E-state index contributed by atoms with van der Waals surface area (Å²) < 4.78 is 40.7. The summed E-state index contributed by atoms with van der Waals surface area (Å²) in [6, 6.07) is 4.46. The number of carbonyl (C=O) groups is 1. The lowest BCUT2D eigenvalue weighted by Gasteiger charge is -2.33. The van der Waals surface area contributed by atoms with Crippen LogP contribution in [0, 0.1) is 5.82 Å². The number of aromatic carboxylic acids is 1. The zero-order chi connectivity index (χ0) is 18.7. The van der Waals surface area contributed by atoms with Crippen molar-refractivity contribution in [1.29, 1.82) is 0 Å². The number of halogens is 1. The van der Waals surface area contributed by atoms with Crippen molar-refractivity contribution in [3.63, 3.8) is 0 Å². The molecule has 0 radical (unpaired) electrons. The van der Waals surface area contributed by atoms with E-state index >= 15 is 0 Å². The molecular formula is C16H17FN4O4S. The summed E-state index contributed by atoms with van der Waals surface area (Å²) in [4.78, 5) is 20.5. The molecule has 1 aromatic carbocycles. The molecule has 1 aliphatic heterocycles. The lowest BCUT2D eigenvalue weighted by Crippen LogP contribution is -2.48. The van der Waals surface area contributed by atoms with E-state index in [-0.39, 0.29) is 16.6 Å². The first kappa shape index (κ1) is 18.2. The largest absolute Gasteiger partial charge is 0.476 e. The van der Waals surface area contributed by atoms with E-state index in [0.29, 0.717) is 25.3 Å². The molecule has 0 aliphatic carbocycles. The third-order valence-corrected chi connectivity index (χ3v) is 5.55. The van der Waals surface area contributed by atoms with E-state index in [1.165, 1.54) is 24.4 Å². The molecule has 1 aromatic heterocycles. The Morgan fingerprint density at radius 2 is 2.12 bits per heavy atom. The third-order valence-electron chi connectivity index (χ3n) is 4.03. The van der Waals surface area contributed by atoms with Crippen LogP contribution in [0.5, 0.6) is 0 Å². The van der Waals surface area contributed by atoms with Crippen molar-refractivity contribution in [3.05, 3.63) is 48.2 Å². The van der Waals surface area contributed by atoms with Gasteiger partial charge in [0.15, 0.2) is 5.69 Å². The number of nitrogens with zero attached hydrogens (tertiary/aromatic N) is 3. The molecule has 2 N–H and O–H groups in total. The smallest absolute Gasteiger partial charge is 0.356 e. The summed E-state index contributed by atoms with van der Waals surface area (Å²) in [5, 5.41) is 8.86. The van der Waals surface area contributed by atoms with Crippen molar-refractivity contribution in [2.24, 2.45) is 0 Å². The fourth-order valence-electron chi connectivity index (χ4n) is 2.80. The fraction of sp³-hybridized carbons (Fsp3) is 0.312. The molecule has 1 fully saturated rings. The van der Waals surface area contributed by atoms with Crippen LogP contribution in [0.15, 0.2) is 41.6 Å². The molecule has 0 bridgehead atoms. The maximum Gasteiger partial charge on any atom is 0.356 e. The molecule has 2 aromatic rings. The van der Waals surface area contributed by atoms with Gasteiger partial charge in [0, 0.05) is 19.1 Å². The lowest BCUT2D eigenvalue weighted by molar-refractivity contribution is 0.0690. The summed E-state index contributed by atoms with van der Waals surface area (Å²) in [7, 11) is -3.84. The van der Waals surface area contributed by atoms with Crippen molar-refractivity contribution >= 4 is 21.8 Å². The van der Waals surface area contributed by atoms with Gasteiger partial charge in [-0.05, 0) is 31.0 Å². The minimum atomic E-state index is -3.84. The molecule has 1 aliphatic rings. The van der Waals surface area contributed by atoms with Gasteiger partial charge in [-0.3, -0.25) is 0 Å². The SMILES string of the molecule is O=C(O)c1cnc(N2CCCC(NS(=O)(=O)c3cccc(F)c3)C2)cn1. The fourth-order valence-corrected chi connectivity index (χ4v) is 4.09. The van der Waals surface area contributed by atoms with E-state index in [4.69, 9.17) is 5.11 Å². The molecular weight excluding hydrogens is 363 g/mol. The van der Waals surface area contributed by atoms with Gasteiger partial charge in [0.05, 0.1) is 17.3 Å². The number of hydrogen-bond donors (Lipinski definition) is 2. The van der Waals surface area contributed by atoms with Crippen LogP contribution in [0.25, 0.3) is 0 Å². The topological polar surface area (TPSA) is 112 Å². The van der Waals surface area contributed by atoms with Crippen LogP contribution in [0.3, 0.4) is 0 Å². The van der Waals surface area contributed by atoms with Crippen LogP contribution in [0.2, 0.25) is 0 Å². The van der Waals surface area contributed by atoms with Gasteiger partial charge in [0.1, 0.15) is 11.6 Å². The summed E-state index contributed by atoms with van der Waals surface area (Å²) >= 11 is 0. The average Bonchev–Trinajstić information content (AvgIpc) is 2.62. The van der Waals surface area contributed by atoms with Gasteiger partial charge in [-0.15, -0.1) is 0 Å². The maximum absolute atomic E-state index is 13.3. The Hall–Kier alpha value is -2.59. The van der Waals surface area contributed by atoms with Crippen LogP contribution in [0.1, 0.15) is 23.3 Å². The molecule has 26 heavy (non-hydrogen) atoms. The highest BCUT2D eigenvalue weighted by Gasteiger charge is 2.26. The first-order valence-corrected chi connectivity index (χ1v) is 9.42. The Labute approximate surface area is 149 Å². The van der Waals surface area contributed by atoms with Gasteiger partial charge in [0.25, 0.3) is 0 Å². The van der Waals surface area contributed by atoms with E-state index in [0.717, 1.165) is 18.7 Å². The number of anilines is 1. The first-order chi connectivity index (χ1) is 12.3. The Bertz CT molecular complexity index is 905.